The predicted octanol–water partition coefficient (Wildman–Crippen LogP) is 7.85. The lowest BCUT2D eigenvalue weighted by Crippen LogP contribution is -2.34. The average molecular weight is 620 g/mol. The van der Waals surface area contributed by atoms with Gasteiger partial charge in [-0.2, -0.15) is 0 Å². The molecule has 2 saturated heterocycles. The van der Waals surface area contributed by atoms with E-state index in [1.54, 1.807) is 24.3 Å². The van der Waals surface area contributed by atoms with Crippen molar-refractivity contribution >= 4 is 57.3 Å². The first kappa shape index (κ1) is 27.4. The summed E-state index contributed by atoms with van der Waals surface area (Å²) < 4.78 is 11.5. The molecule has 2 bridgehead atoms. The number of ether oxygens (including phenoxy) is 2. The van der Waals surface area contributed by atoms with Crippen LogP contribution in [0, 0.1) is 25.7 Å². The SMILES string of the molecule is Cc1sc(C(=O)Oc2ccc(N3C(=O)[C@@H]4[C@H](C3=O)[C@@H]3C=C[C@H]4O3)cc2)cc1C1=C(c2cc(-c3ccccc3)sc2C)CCC1. The van der Waals surface area contributed by atoms with Crippen molar-refractivity contribution < 1.29 is 23.9 Å². The van der Waals surface area contributed by atoms with Crippen molar-refractivity contribution in [2.75, 3.05) is 4.90 Å². The van der Waals surface area contributed by atoms with Crippen molar-refractivity contribution in [2.45, 2.75) is 45.3 Å². The lowest BCUT2D eigenvalue weighted by Gasteiger charge is -2.17. The van der Waals surface area contributed by atoms with Crippen LogP contribution < -0.4 is 9.64 Å². The topological polar surface area (TPSA) is 72.9 Å². The first-order chi connectivity index (χ1) is 21.4. The second kappa shape index (κ2) is 10.5. The van der Waals surface area contributed by atoms with E-state index in [0.29, 0.717) is 16.3 Å². The highest BCUT2D eigenvalue weighted by atomic mass is 32.1. The number of imide groups is 1. The van der Waals surface area contributed by atoms with Crippen molar-refractivity contribution in [3.8, 4) is 16.2 Å². The molecule has 1 aliphatic carbocycles. The van der Waals surface area contributed by atoms with Crippen molar-refractivity contribution in [1.82, 2.24) is 0 Å². The van der Waals surface area contributed by atoms with Crippen molar-refractivity contribution in [2.24, 2.45) is 11.8 Å². The Hall–Kier alpha value is -4.11. The highest BCUT2D eigenvalue weighted by Gasteiger charge is 2.61. The zero-order chi connectivity index (χ0) is 30.1. The number of benzene rings is 2. The number of rotatable bonds is 6. The molecule has 4 atom stereocenters. The van der Waals surface area contributed by atoms with Gasteiger partial charge in [0.15, 0.2) is 0 Å². The minimum Gasteiger partial charge on any atom is -0.422 e. The van der Waals surface area contributed by atoms with Crippen LogP contribution in [0.15, 0.2) is 78.9 Å². The molecule has 2 aromatic heterocycles. The van der Waals surface area contributed by atoms with E-state index in [1.807, 2.05) is 35.6 Å². The number of fused-ring (bicyclic) bond motifs is 5. The van der Waals surface area contributed by atoms with E-state index >= 15 is 0 Å². The Labute approximate surface area is 263 Å². The van der Waals surface area contributed by atoms with Gasteiger partial charge < -0.3 is 9.47 Å². The lowest BCUT2D eigenvalue weighted by atomic mass is 9.85. The molecule has 5 heterocycles. The number of hydrogen-bond donors (Lipinski definition) is 0. The lowest BCUT2D eigenvalue weighted by molar-refractivity contribution is -0.124. The third-order valence-corrected chi connectivity index (χ3v) is 11.3. The van der Waals surface area contributed by atoms with Crippen LogP contribution in [0.2, 0.25) is 0 Å². The van der Waals surface area contributed by atoms with Gasteiger partial charge in [-0.25, -0.2) is 9.69 Å². The number of esters is 1. The van der Waals surface area contributed by atoms with Crippen molar-refractivity contribution in [1.29, 1.82) is 0 Å². The number of allylic oxidation sites excluding steroid dienone is 2. The summed E-state index contributed by atoms with van der Waals surface area (Å²) in [6.45, 7) is 4.26. The van der Waals surface area contributed by atoms with Crippen LogP contribution >= 0.6 is 22.7 Å². The summed E-state index contributed by atoms with van der Waals surface area (Å²) in [4.78, 5) is 44.9. The minimum atomic E-state index is -0.462. The highest BCUT2D eigenvalue weighted by Crippen LogP contribution is 2.48. The first-order valence-electron chi connectivity index (χ1n) is 14.9. The first-order valence-corrected chi connectivity index (χ1v) is 16.5. The monoisotopic (exact) mass is 619 g/mol. The molecule has 2 aromatic carbocycles. The smallest absolute Gasteiger partial charge is 0.353 e. The second-order valence-corrected chi connectivity index (χ2v) is 14.2. The van der Waals surface area contributed by atoms with Crippen LogP contribution in [0.1, 0.15) is 49.8 Å². The maximum Gasteiger partial charge on any atom is 0.353 e. The van der Waals surface area contributed by atoms with E-state index in [-0.39, 0.29) is 24.0 Å². The Balaban J connectivity index is 1.01. The van der Waals surface area contributed by atoms with Crippen LogP contribution in [0.3, 0.4) is 0 Å². The van der Waals surface area contributed by atoms with E-state index in [1.165, 1.54) is 48.3 Å². The molecule has 4 aromatic rings. The Morgan fingerprint density at radius 2 is 1.43 bits per heavy atom. The second-order valence-electron chi connectivity index (χ2n) is 11.7. The number of thiophene rings is 2. The zero-order valence-corrected chi connectivity index (χ0v) is 25.9. The normalized spacial score (nSPS) is 23.7. The largest absolute Gasteiger partial charge is 0.422 e. The fourth-order valence-corrected chi connectivity index (χ4v) is 9.10. The molecular formula is C36H29NO5S2. The molecule has 2 fully saturated rings. The molecule has 3 aliphatic heterocycles. The molecule has 2 amide bonds. The predicted molar refractivity (Wildman–Crippen MR) is 173 cm³/mol. The number of carbonyl (C=O) groups excluding carboxylic acids is 3. The molecule has 44 heavy (non-hydrogen) atoms. The Bertz CT molecular complexity index is 1870. The molecule has 0 spiro atoms. The maximum atomic E-state index is 13.3. The summed E-state index contributed by atoms with van der Waals surface area (Å²) in [6, 6.07) is 21.4. The molecule has 6 nitrogen and oxygen atoms in total. The summed E-state index contributed by atoms with van der Waals surface area (Å²) in [5.74, 6) is -1.46. The fraction of sp³-hybridized carbons (Fsp3) is 0.250. The van der Waals surface area contributed by atoms with Gasteiger partial charge in [-0.15, -0.1) is 22.7 Å². The Kier molecular flexibility index (Phi) is 6.55. The number of hydrogen-bond acceptors (Lipinski definition) is 7. The Morgan fingerprint density at radius 3 is 2.09 bits per heavy atom. The summed E-state index contributed by atoms with van der Waals surface area (Å²) >= 11 is 3.28. The number of amides is 2. The average Bonchev–Trinajstić information content (AvgIpc) is 3.87. The van der Waals surface area contributed by atoms with Crippen LogP contribution in [0.4, 0.5) is 5.69 Å². The molecule has 8 heteroatoms. The standard InChI is InChI=1S/C36H29NO5S2/c1-19-26(17-30(43-19)21-7-4-3-5-8-21)24-9-6-10-25(24)27-18-31(44-20(27)2)36(40)41-23-13-11-22(12-14-23)37-34(38)32-28-15-16-29(42-28)33(32)35(37)39/h3-5,7-8,11-18,28-29,32-33H,6,9-10H2,1-2H3/t28-,29+,32+,33-. The third-order valence-electron chi connectivity index (χ3n) is 9.18. The Morgan fingerprint density at radius 1 is 0.818 bits per heavy atom. The summed E-state index contributed by atoms with van der Waals surface area (Å²) in [5.41, 5.74) is 6.84. The molecular weight excluding hydrogens is 591 g/mol. The van der Waals surface area contributed by atoms with Gasteiger partial charge in [0.2, 0.25) is 11.8 Å². The fourth-order valence-electron chi connectivity index (χ4n) is 7.13. The molecule has 4 aliphatic rings. The minimum absolute atomic E-state index is 0.238. The van der Waals surface area contributed by atoms with Gasteiger partial charge in [-0.1, -0.05) is 42.5 Å². The number of anilines is 1. The van der Waals surface area contributed by atoms with Crippen LogP contribution in [0.5, 0.6) is 5.75 Å². The summed E-state index contributed by atoms with van der Waals surface area (Å²) in [5, 5.41) is 0. The van der Waals surface area contributed by atoms with E-state index in [0.717, 1.165) is 29.7 Å². The van der Waals surface area contributed by atoms with Crippen molar-refractivity contribution in [3.63, 3.8) is 0 Å². The van der Waals surface area contributed by atoms with Crippen molar-refractivity contribution in [3.05, 3.63) is 105 Å². The van der Waals surface area contributed by atoms with Gasteiger partial charge in [0.05, 0.1) is 29.7 Å². The van der Waals surface area contributed by atoms with Gasteiger partial charge in [0.25, 0.3) is 0 Å². The van der Waals surface area contributed by atoms with E-state index < -0.39 is 17.8 Å². The summed E-state index contributed by atoms with van der Waals surface area (Å²) in [7, 11) is 0. The van der Waals surface area contributed by atoms with Gasteiger partial charge in [0.1, 0.15) is 10.6 Å². The maximum absolute atomic E-state index is 13.3. The molecule has 8 rings (SSSR count). The van der Waals surface area contributed by atoms with Gasteiger partial charge in [-0.3, -0.25) is 9.59 Å². The number of nitrogens with zero attached hydrogens (tertiary/aromatic N) is 1. The molecule has 220 valence electrons. The number of carbonyl (C=O) groups is 3. The van der Waals surface area contributed by atoms with Crippen LogP contribution in [0.25, 0.3) is 21.6 Å². The zero-order valence-electron chi connectivity index (χ0n) is 24.2. The van der Waals surface area contributed by atoms with Gasteiger partial charge >= 0.3 is 5.97 Å². The molecule has 0 N–H and O–H groups in total. The van der Waals surface area contributed by atoms with Gasteiger partial charge in [0, 0.05) is 14.6 Å². The van der Waals surface area contributed by atoms with Gasteiger partial charge in [-0.05, 0) is 97.3 Å². The van der Waals surface area contributed by atoms with E-state index in [4.69, 9.17) is 9.47 Å². The van der Waals surface area contributed by atoms with Crippen LogP contribution in [-0.2, 0) is 14.3 Å². The summed E-state index contributed by atoms with van der Waals surface area (Å²) in [6.07, 6.45) is 6.18. The highest BCUT2D eigenvalue weighted by molar-refractivity contribution is 7.15. The molecule has 0 radical (unpaired) electrons. The molecule has 0 unspecified atom stereocenters. The third kappa shape index (κ3) is 4.35. The number of aryl methyl sites for hydroxylation is 2. The quantitative estimate of drug-likeness (QED) is 0.0951. The van der Waals surface area contributed by atoms with E-state index in [2.05, 4.69) is 44.2 Å². The van der Waals surface area contributed by atoms with Crippen LogP contribution in [-0.4, -0.2) is 30.0 Å². The van der Waals surface area contributed by atoms with E-state index in [9.17, 15) is 14.4 Å². The molecule has 0 saturated carbocycles.